The number of halogens is 1. The summed E-state index contributed by atoms with van der Waals surface area (Å²) in [4.78, 5) is -0.495. The highest BCUT2D eigenvalue weighted by Crippen LogP contribution is 2.27. The number of aliphatic hydroxyl groups is 2. The van der Waals surface area contributed by atoms with Crippen LogP contribution in [0.5, 0.6) is 0 Å². The Balaban J connectivity index is 3.88. The van der Waals surface area contributed by atoms with Crippen LogP contribution in [-0.2, 0) is 0 Å². The van der Waals surface area contributed by atoms with Crippen LogP contribution in [0, 0.1) is 0 Å². The first-order valence-electron chi connectivity index (χ1n) is 3.70. The van der Waals surface area contributed by atoms with Gasteiger partial charge in [0.05, 0.1) is 4.87 Å². The van der Waals surface area contributed by atoms with Crippen molar-refractivity contribution in [2.45, 2.75) is 24.1 Å². The topological polar surface area (TPSA) is 40.5 Å². The molecule has 0 aliphatic heterocycles. The van der Waals surface area contributed by atoms with E-state index in [-0.39, 0.29) is 13.2 Å². The molecule has 0 unspecified atom stereocenters. The van der Waals surface area contributed by atoms with E-state index in [4.69, 9.17) is 21.8 Å². The Morgan fingerprint density at radius 2 is 1.73 bits per heavy atom. The summed E-state index contributed by atoms with van der Waals surface area (Å²) in [6.45, 7) is 3.67. The first kappa shape index (κ1) is 11.0. The normalized spacial score (nSPS) is 11.5. The van der Waals surface area contributed by atoms with E-state index in [0.717, 1.165) is 0 Å². The van der Waals surface area contributed by atoms with Crippen molar-refractivity contribution < 1.29 is 10.2 Å². The Kier molecular flexibility index (Phi) is 5.56. The van der Waals surface area contributed by atoms with Crippen molar-refractivity contribution in [3.8, 4) is 0 Å². The van der Waals surface area contributed by atoms with Crippen molar-refractivity contribution in [1.29, 1.82) is 0 Å². The number of hydrogen-bond donors (Lipinski definition) is 2. The summed E-state index contributed by atoms with van der Waals surface area (Å²) in [6.07, 6.45) is 3.33. The second kappa shape index (κ2) is 5.58. The second-order valence-electron chi connectivity index (χ2n) is 2.59. The van der Waals surface area contributed by atoms with E-state index in [1.807, 2.05) is 0 Å². The number of allylic oxidation sites excluding steroid dienone is 1. The molecule has 2 nitrogen and oxygen atoms in total. The van der Waals surface area contributed by atoms with Crippen LogP contribution in [-0.4, -0.2) is 28.3 Å². The molecule has 0 aromatic carbocycles. The molecule has 0 aliphatic carbocycles. The molecule has 0 radical (unpaired) electrons. The molecule has 0 fully saturated rings. The summed E-state index contributed by atoms with van der Waals surface area (Å²) in [5, 5.41) is 17.3. The van der Waals surface area contributed by atoms with E-state index in [0.29, 0.717) is 19.3 Å². The van der Waals surface area contributed by atoms with Crippen LogP contribution in [0.2, 0.25) is 0 Å². The largest absolute Gasteiger partial charge is 0.396 e. The van der Waals surface area contributed by atoms with Crippen molar-refractivity contribution in [2.75, 3.05) is 13.2 Å². The molecule has 3 heteroatoms. The predicted octanol–water partition coefficient (Wildman–Crippen LogP) is 1.30. The highest BCUT2D eigenvalue weighted by molar-refractivity contribution is 6.24. The number of hydrogen-bond acceptors (Lipinski definition) is 2. The van der Waals surface area contributed by atoms with Gasteiger partial charge in [0.1, 0.15) is 0 Å². The zero-order valence-electron chi connectivity index (χ0n) is 6.59. The van der Waals surface area contributed by atoms with Crippen LogP contribution in [0.4, 0.5) is 0 Å². The lowest BCUT2D eigenvalue weighted by atomic mass is 9.97. The highest BCUT2D eigenvalue weighted by atomic mass is 35.5. The van der Waals surface area contributed by atoms with Crippen LogP contribution < -0.4 is 0 Å². The van der Waals surface area contributed by atoms with E-state index in [1.165, 1.54) is 0 Å². The zero-order valence-corrected chi connectivity index (χ0v) is 7.35. The average molecular weight is 179 g/mol. The van der Waals surface area contributed by atoms with Crippen LogP contribution in [0.25, 0.3) is 0 Å². The molecule has 0 bridgehead atoms. The first-order chi connectivity index (χ1) is 5.18. The molecular formula is C8H15ClO2. The molecule has 0 amide bonds. The number of aliphatic hydroxyl groups excluding tert-OH is 2. The molecule has 66 valence electrons. The van der Waals surface area contributed by atoms with Gasteiger partial charge in [-0.2, -0.15) is 0 Å². The van der Waals surface area contributed by atoms with Gasteiger partial charge in [0.25, 0.3) is 0 Å². The summed E-state index contributed by atoms with van der Waals surface area (Å²) >= 11 is 6.05. The molecule has 0 heterocycles. The summed E-state index contributed by atoms with van der Waals surface area (Å²) < 4.78 is 0. The van der Waals surface area contributed by atoms with E-state index in [1.54, 1.807) is 6.08 Å². The maximum absolute atomic E-state index is 8.65. The Morgan fingerprint density at radius 1 is 1.27 bits per heavy atom. The molecular weight excluding hydrogens is 164 g/mol. The monoisotopic (exact) mass is 178 g/mol. The summed E-state index contributed by atoms with van der Waals surface area (Å²) in [7, 11) is 0. The van der Waals surface area contributed by atoms with Gasteiger partial charge in [0.15, 0.2) is 0 Å². The molecule has 0 rings (SSSR count). The average Bonchev–Trinajstić information content (AvgIpc) is 1.88. The minimum absolute atomic E-state index is 0.0529. The van der Waals surface area contributed by atoms with Gasteiger partial charge < -0.3 is 10.2 Å². The van der Waals surface area contributed by atoms with Gasteiger partial charge in [-0.05, 0) is 19.3 Å². The highest BCUT2D eigenvalue weighted by Gasteiger charge is 2.23. The molecule has 0 atom stereocenters. The van der Waals surface area contributed by atoms with E-state index >= 15 is 0 Å². The maximum Gasteiger partial charge on any atom is 0.0524 e. The standard InChI is InChI=1S/C8H15ClO2/c1-2-3-8(9,4-6-10)5-7-11/h2,10-11H,1,3-7H2. The molecule has 0 aromatic heterocycles. The number of rotatable bonds is 6. The van der Waals surface area contributed by atoms with Gasteiger partial charge in [-0.3, -0.25) is 0 Å². The predicted molar refractivity (Wildman–Crippen MR) is 46.8 cm³/mol. The Morgan fingerprint density at radius 3 is 2.00 bits per heavy atom. The van der Waals surface area contributed by atoms with Crippen molar-refractivity contribution in [3.05, 3.63) is 12.7 Å². The van der Waals surface area contributed by atoms with Gasteiger partial charge in [-0.1, -0.05) is 6.08 Å². The molecule has 11 heavy (non-hydrogen) atoms. The zero-order chi connectivity index (χ0) is 8.74. The first-order valence-corrected chi connectivity index (χ1v) is 4.08. The molecule has 0 saturated carbocycles. The molecule has 2 N–H and O–H groups in total. The third-order valence-electron chi connectivity index (χ3n) is 1.63. The lowest BCUT2D eigenvalue weighted by Crippen LogP contribution is -2.23. The van der Waals surface area contributed by atoms with E-state index in [2.05, 4.69) is 6.58 Å². The molecule has 0 saturated heterocycles. The quantitative estimate of drug-likeness (QED) is 0.476. The number of alkyl halides is 1. The van der Waals surface area contributed by atoms with Crippen molar-refractivity contribution in [2.24, 2.45) is 0 Å². The van der Waals surface area contributed by atoms with Crippen molar-refractivity contribution in [3.63, 3.8) is 0 Å². The third-order valence-corrected chi connectivity index (χ3v) is 2.16. The van der Waals surface area contributed by atoms with Crippen LogP contribution in [0.1, 0.15) is 19.3 Å². The summed E-state index contributed by atoms with van der Waals surface area (Å²) in [5.41, 5.74) is 0. The molecule has 0 spiro atoms. The molecule has 0 aromatic rings. The summed E-state index contributed by atoms with van der Waals surface area (Å²) in [6, 6.07) is 0. The van der Waals surface area contributed by atoms with Crippen LogP contribution in [0.3, 0.4) is 0 Å². The summed E-state index contributed by atoms with van der Waals surface area (Å²) in [5.74, 6) is 0. The van der Waals surface area contributed by atoms with Gasteiger partial charge in [0, 0.05) is 13.2 Å². The Labute approximate surface area is 72.5 Å². The fourth-order valence-corrected chi connectivity index (χ4v) is 1.27. The van der Waals surface area contributed by atoms with Crippen molar-refractivity contribution in [1.82, 2.24) is 0 Å². The molecule has 0 aliphatic rings. The smallest absolute Gasteiger partial charge is 0.0524 e. The minimum atomic E-state index is -0.495. The lowest BCUT2D eigenvalue weighted by molar-refractivity contribution is 0.228. The third kappa shape index (κ3) is 4.40. The Bertz CT molecular complexity index is 109. The lowest BCUT2D eigenvalue weighted by Gasteiger charge is -2.23. The van der Waals surface area contributed by atoms with E-state index in [9.17, 15) is 0 Å². The SMILES string of the molecule is C=CCC(Cl)(CCO)CCO. The van der Waals surface area contributed by atoms with Gasteiger partial charge in [-0.25, -0.2) is 0 Å². The minimum Gasteiger partial charge on any atom is -0.396 e. The fourth-order valence-electron chi connectivity index (χ4n) is 0.989. The Hall–Kier alpha value is -0.0500. The second-order valence-corrected chi connectivity index (χ2v) is 3.39. The van der Waals surface area contributed by atoms with E-state index < -0.39 is 4.87 Å². The van der Waals surface area contributed by atoms with Crippen molar-refractivity contribution >= 4 is 11.6 Å². The van der Waals surface area contributed by atoms with Gasteiger partial charge in [-0.15, -0.1) is 18.2 Å². The van der Waals surface area contributed by atoms with Crippen LogP contribution >= 0.6 is 11.6 Å². The fraction of sp³-hybridized carbons (Fsp3) is 0.750. The maximum atomic E-state index is 8.65. The van der Waals surface area contributed by atoms with Gasteiger partial charge >= 0.3 is 0 Å². The van der Waals surface area contributed by atoms with Gasteiger partial charge in [0.2, 0.25) is 0 Å². The van der Waals surface area contributed by atoms with Crippen LogP contribution in [0.15, 0.2) is 12.7 Å².